The van der Waals surface area contributed by atoms with Crippen molar-refractivity contribution >= 4 is 17.3 Å². The van der Waals surface area contributed by atoms with Crippen molar-refractivity contribution in [1.82, 2.24) is 0 Å². The van der Waals surface area contributed by atoms with E-state index in [4.69, 9.17) is 11.6 Å². The lowest BCUT2D eigenvalue weighted by Crippen LogP contribution is -2.24. The zero-order chi connectivity index (χ0) is 13.0. The van der Waals surface area contributed by atoms with E-state index in [1.807, 2.05) is 25.1 Å². The summed E-state index contributed by atoms with van der Waals surface area (Å²) in [4.78, 5) is 2.16. The minimum absolute atomic E-state index is 0.488. The number of halogens is 1. The highest BCUT2D eigenvalue weighted by atomic mass is 35.5. The highest BCUT2D eigenvalue weighted by Crippen LogP contribution is 2.29. The van der Waals surface area contributed by atoms with Crippen LogP contribution in [-0.2, 0) is 0 Å². The average molecular weight is 254 g/mol. The molecule has 0 unspecified atom stereocenters. The average Bonchev–Trinajstić information content (AvgIpc) is 2.25. The Labute approximate surface area is 109 Å². The summed E-state index contributed by atoms with van der Waals surface area (Å²) in [5, 5.41) is 10.2. The van der Waals surface area contributed by atoms with Gasteiger partial charge in [0.1, 0.15) is 0 Å². The lowest BCUT2D eigenvalue weighted by molar-refractivity contribution is 0.199. The predicted octanol–water partition coefficient (Wildman–Crippen LogP) is 3.80. The Hall–Kier alpha value is -0.990. The topological polar surface area (TPSA) is 23.5 Å². The Balaban J connectivity index is 3.00. The van der Waals surface area contributed by atoms with Gasteiger partial charge in [0.15, 0.2) is 0 Å². The summed E-state index contributed by atoms with van der Waals surface area (Å²) < 4.78 is 0. The molecule has 1 aromatic rings. The summed E-state index contributed by atoms with van der Waals surface area (Å²) in [7, 11) is 0. The maximum atomic E-state index is 9.49. The third-order valence-electron chi connectivity index (χ3n) is 2.64. The molecule has 1 rings (SSSR count). The number of benzene rings is 1. The van der Waals surface area contributed by atoms with Crippen LogP contribution < -0.4 is 4.90 Å². The minimum Gasteiger partial charge on any atom is -0.389 e. The molecule has 0 aliphatic carbocycles. The molecule has 0 radical (unpaired) electrons. The Bertz CT molecular complexity index is 401. The monoisotopic (exact) mass is 253 g/mol. The summed E-state index contributed by atoms with van der Waals surface area (Å²) in [5.41, 5.74) is 2.93. The Morgan fingerprint density at radius 1 is 1.53 bits per heavy atom. The van der Waals surface area contributed by atoms with Crippen molar-refractivity contribution in [2.45, 2.75) is 26.9 Å². The first-order valence-corrected chi connectivity index (χ1v) is 6.20. The second-order valence-electron chi connectivity index (χ2n) is 4.36. The van der Waals surface area contributed by atoms with Gasteiger partial charge < -0.3 is 10.0 Å². The number of anilines is 1. The lowest BCUT2D eigenvalue weighted by Gasteiger charge is -2.25. The minimum atomic E-state index is -0.488. The number of hydrogen-bond acceptors (Lipinski definition) is 2. The fourth-order valence-corrected chi connectivity index (χ4v) is 2.04. The molecule has 0 saturated carbocycles. The highest BCUT2D eigenvalue weighted by Gasteiger charge is 2.10. The molecule has 0 aliphatic heterocycles. The molecule has 3 heteroatoms. The van der Waals surface area contributed by atoms with Crippen LogP contribution in [0.15, 0.2) is 30.4 Å². The smallest absolute Gasteiger partial charge is 0.0762 e. The molecule has 94 valence electrons. The van der Waals surface area contributed by atoms with Crippen LogP contribution in [0.4, 0.5) is 5.69 Å². The maximum Gasteiger partial charge on any atom is 0.0762 e. The van der Waals surface area contributed by atoms with Crippen LogP contribution in [0.5, 0.6) is 0 Å². The van der Waals surface area contributed by atoms with Crippen LogP contribution >= 0.6 is 11.6 Å². The molecule has 0 fully saturated rings. The SMILES string of the molecule is C=C(C)CN(CC)c1ccc([C@@H](C)O)cc1Cl. The molecular weight excluding hydrogens is 234 g/mol. The van der Waals surface area contributed by atoms with Gasteiger partial charge in [0.05, 0.1) is 16.8 Å². The molecular formula is C14H20ClNO. The highest BCUT2D eigenvalue weighted by molar-refractivity contribution is 6.33. The van der Waals surface area contributed by atoms with Gasteiger partial charge in [-0.25, -0.2) is 0 Å². The van der Waals surface area contributed by atoms with Crippen LogP contribution in [0.3, 0.4) is 0 Å². The van der Waals surface area contributed by atoms with Gasteiger partial charge in [0.2, 0.25) is 0 Å². The van der Waals surface area contributed by atoms with E-state index in [9.17, 15) is 5.11 Å². The first-order valence-electron chi connectivity index (χ1n) is 5.82. The molecule has 1 aromatic carbocycles. The van der Waals surface area contributed by atoms with Crippen LogP contribution in [0.1, 0.15) is 32.4 Å². The van der Waals surface area contributed by atoms with E-state index in [0.717, 1.165) is 29.9 Å². The van der Waals surface area contributed by atoms with Gasteiger partial charge in [0, 0.05) is 13.1 Å². The van der Waals surface area contributed by atoms with Gasteiger partial charge in [0.25, 0.3) is 0 Å². The van der Waals surface area contributed by atoms with E-state index in [-0.39, 0.29) is 0 Å². The molecule has 17 heavy (non-hydrogen) atoms. The summed E-state index contributed by atoms with van der Waals surface area (Å²) >= 11 is 6.25. The van der Waals surface area contributed by atoms with E-state index < -0.39 is 6.10 Å². The van der Waals surface area contributed by atoms with E-state index in [2.05, 4.69) is 18.4 Å². The summed E-state index contributed by atoms with van der Waals surface area (Å²) in [6.07, 6.45) is -0.488. The van der Waals surface area contributed by atoms with E-state index in [1.54, 1.807) is 6.92 Å². The molecule has 0 saturated heterocycles. The molecule has 0 heterocycles. The number of likely N-dealkylation sites (N-methyl/N-ethyl adjacent to an activating group) is 1. The third-order valence-corrected chi connectivity index (χ3v) is 2.94. The largest absolute Gasteiger partial charge is 0.389 e. The van der Waals surface area contributed by atoms with Gasteiger partial charge in [-0.2, -0.15) is 0 Å². The third kappa shape index (κ3) is 3.76. The van der Waals surface area contributed by atoms with Crippen molar-refractivity contribution in [2.24, 2.45) is 0 Å². The van der Waals surface area contributed by atoms with Gasteiger partial charge in [-0.05, 0) is 38.5 Å². The standard InChI is InChI=1S/C14H20ClNO/c1-5-16(9-10(2)3)14-7-6-12(11(4)17)8-13(14)15/h6-8,11,17H,2,5,9H2,1,3-4H3/t11-/m1/s1. The second kappa shape index (κ2) is 6.08. The number of aliphatic hydroxyl groups is 1. The normalized spacial score (nSPS) is 12.3. The Morgan fingerprint density at radius 3 is 2.59 bits per heavy atom. The van der Waals surface area contributed by atoms with Crippen molar-refractivity contribution < 1.29 is 5.11 Å². The van der Waals surface area contributed by atoms with Gasteiger partial charge in [-0.15, -0.1) is 0 Å². The van der Waals surface area contributed by atoms with E-state index in [0.29, 0.717) is 5.02 Å². The Kier molecular flexibility index (Phi) is 5.03. The first-order chi connectivity index (χ1) is 7.95. The van der Waals surface area contributed by atoms with Crippen LogP contribution in [0, 0.1) is 0 Å². The fourth-order valence-electron chi connectivity index (χ4n) is 1.73. The van der Waals surface area contributed by atoms with Crippen molar-refractivity contribution in [3.8, 4) is 0 Å². The molecule has 0 spiro atoms. The van der Waals surface area contributed by atoms with Gasteiger partial charge in [-0.1, -0.05) is 29.8 Å². The van der Waals surface area contributed by atoms with Crippen molar-refractivity contribution in [3.63, 3.8) is 0 Å². The lowest BCUT2D eigenvalue weighted by atomic mass is 10.1. The summed E-state index contributed by atoms with van der Waals surface area (Å²) in [6, 6.07) is 5.69. The van der Waals surface area contributed by atoms with Crippen LogP contribution in [-0.4, -0.2) is 18.2 Å². The number of nitrogens with zero attached hydrogens (tertiary/aromatic N) is 1. The fraction of sp³-hybridized carbons (Fsp3) is 0.429. The molecule has 0 aliphatic rings. The molecule has 1 atom stereocenters. The van der Waals surface area contributed by atoms with E-state index in [1.165, 1.54) is 0 Å². The number of hydrogen-bond donors (Lipinski definition) is 1. The van der Waals surface area contributed by atoms with Crippen molar-refractivity contribution in [1.29, 1.82) is 0 Å². The summed E-state index contributed by atoms with van der Waals surface area (Å²) in [5.74, 6) is 0. The Morgan fingerprint density at radius 2 is 2.18 bits per heavy atom. The quantitative estimate of drug-likeness (QED) is 0.807. The van der Waals surface area contributed by atoms with E-state index >= 15 is 0 Å². The maximum absolute atomic E-state index is 9.49. The van der Waals surface area contributed by atoms with Gasteiger partial charge in [-0.3, -0.25) is 0 Å². The molecule has 1 N–H and O–H groups in total. The van der Waals surface area contributed by atoms with Crippen LogP contribution in [0.2, 0.25) is 5.02 Å². The zero-order valence-electron chi connectivity index (χ0n) is 10.7. The molecule has 2 nitrogen and oxygen atoms in total. The first kappa shape index (κ1) is 14.1. The van der Waals surface area contributed by atoms with Gasteiger partial charge >= 0.3 is 0 Å². The summed E-state index contributed by atoms with van der Waals surface area (Å²) in [6.45, 7) is 11.4. The molecule has 0 bridgehead atoms. The molecule has 0 amide bonds. The number of aliphatic hydroxyl groups excluding tert-OH is 1. The second-order valence-corrected chi connectivity index (χ2v) is 4.77. The van der Waals surface area contributed by atoms with Crippen molar-refractivity contribution in [3.05, 3.63) is 40.9 Å². The van der Waals surface area contributed by atoms with Crippen LogP contribution in [0.25, 0.3) is 0 Å². The molecule has 0 aromatic heterocycles. The zero-order valence-corrected chi connectivity index (χ0v) is 11.5. The van der Waals surface area contributed by atoms with Crippen molar-refractivity contribution in [2.75, 3.05) is 18.0 Å². The number of rotatable bonds is 5. The predicted molar refractivity (Wildman–Crippen MR) is 74.8 cm³/mol.